The lowest BCUT2D eigenvalue weighted by Crippen LogP contribution is -2.45. The van der Waals surface area contributed by atoms with Crippen LogP contribution in [-0.2, 0) is 11.3 Å². The number of thiazole rings is 1. The molecule has 22 heavy (non-hydrogen) atoms. The SMILES string of the molecule is Cc1nc(CN2CCCN(C(=O)C3CCCN3C)CC2)cs1. The second kappa shape index (κ2) is 7.06. The summed E-state index contributed by atoms with van der Waals surface area (Å²) < 4.78 is 0. The van der Waals surface area contributed by atoms with Crippen LogP contribution in [0.4, 0.5) is 0 Å². The predicted octanol–water partition coefficient (Wildman–Crippen LogP) is 1.58. The van der Waals surface area contributed by atoms with Crippen LogP contribution in [0.1, 0.15) is 30.0 Å². The van der Waals surface area contributed by atoms with Crippen molar-refractivity contribution in [3.05, 3.63) is 16.1 Å². The number of likely N-dealkylation sites (tertiary alicyclic amines) is 1. The summed E-state index contributed by atoms with van der Waals surface area (Å²) in [5.74, 6) is 0.339. The third kappa shape index (κ3) is 3.67. The van der Waals surface area contributed by atoms with Gasteiger partial charge in [-0.25, -0.2) is 4.98 Å². The van der Waals surface area contributed by atoms with Crippen LogP contribution in [0, 0.1) is 6.92 Å². The summed E-state index contributed by atoms with van der Waals surface area (Å²) in [4.78, 5) is 24.0. The van der Waals surface area contributed by atoms with Crippen molar-refractivity contribution in [1.82, 2.24) is 19.7 Å². The fourth-order valence-corrected chi connectivity index (χ4v) is 4.10. The molecule has 0 N–H and O–H groups in total. The average Bonchev–Trinajstić information content (AvgIpc) is 3.02. The minimum atomic E-state index is 0.118. The number of carbonyl (C=O) groups is 1. The lowest BCUT2D eigenvalue weighted by Gasteiger charge is -2.27. The lowest BCUT2D eigenvalue weighted by molar-refractivity contribution is -0.135. The van der Waals surface area contributed by atoms with Crippen molar-refractivity contribution in [2.75, 3.05) is 39.8 Å². The highest BCUT2D eigenvalue weighted by molar-refractivity contribution is 7.09. The zero-order valence-corrected chi connectivity index (χ0v) is 14.4. The van der Waals surface area contributed by atoms with Crippen molar-refractivity contribution in [2.24, 2.45) is 0 Å². The van der Waals surface area contributed by atoms with Gasteiger partial charge in [0.1, 0.15) is 0 Å². The van der Waals surface area contributed by atoms with Crippen LogP contribution in [0.25, 0.3) is 0 Å². The monoisotopic (exact) mass is 322 g/mol. The van der Waals surface area contributed by atoms with E-state index in [-0.39, 0.29) is 6.04 Å². The minimum absolute atomic E-state index is 0.118. The van der Waals surface area contributed by atoms with Gasteiger partial charge in [-0.2, -0.15) is 0 Å². The molecule has 1 aromatic heterocycles. The van der Waals surface area contributed by atoms with Crippen LogP contribution in [0.2, 0.25) is 0 Å². The zero-order chi connectivity index (χ0) is 15.5. The number of carbonyl (C=O) groups excluding carboxylic acids is 1. The molecule has 0 aromatic carbocycles. The van der Waals surface area contributed by atoms with Crippen molar-refractivity contribution in [3.8, 4) is 0 Å². The number of nitrogens with zero attached hydrogens (tertiary/aromatic N) is 4. The maximum Gasteiger partial charge on any atom is 0.239 e. The number of amides is 1. The van der Waals surface area contributed by atoms with Crippen molar-refractivity contribution >= 4 is 17.2 Å². The first kappa shape index (κ1) is 15.9. The van der Waals surface area contributed by atoms with E-state index in [9.17, 15) is 4.79 Å². The molecule has 2 aliphatic rings. The molecule has 1 unspecified atom stereocenters. The van der Waals surface area contributed by atoms with Gasteiger partial charge in [0, 0.05) is 38.1 Å². The predicted molar refractivity (Wildman–Crippen MR) is 89.0 cm³/mol. The molecule has 5 nitrogen and oxygen atoms in total. The zero-order valence-electron chi connectivity index (χ0n) is 13.6. The maximum atomic E-state index is 12.7. The Morgan fingerprint density at radius 3 is 2.82 bits per heavy atom. The van der Waals surface area contributed by atoms with Gasteiger partial charge >= 0.3 is 0 Å². The Hall–Kier alpha value is -0.980. The highest BCUT2D eigenvalue weighted by atomic mass is 32.1. The van der Waals surface area contributed by atoms with Crippen LogP contribution in [-0.4, -0.2) is 71.4 Å². The molecule has 2 fully saturated rings. The number of likely N-dealkylation sites (N-methyl/N-ethyl adjacent to an activating group) is 1. The molecular weight excluding hydrogens is 296 g/mol. The normalized spacial score (nSPS) is 24.6. The van der Waals surface area contributed by atoms with Crippen molar-refractivity contribution < 1.29 is 4.79 Å². The molecule has 1 aromatic rings. The molecule has 2 saturated heterocycles. The largest absolute Gasteiger partial charge is 0.340 e. The van der Waals surface area contributed by atoms with Gasteiger partial charge in [-0.05, 0) is 39.8 Å². The highest BCUT2D eigenvalue weighted by Crippen LogP contribution is 2.19. The quantitative estimate of drug-likeness (QED) is 0.847. The van der Waals surface area contributed by atoms with E-state index in [0.29, 0.717) is 5.91 Å². The van der Waals surface area contributed by atoms with Gasteiger partial charge in [-0.1, -0.05) is 0 Å². The molecule has 1 amide bonds. The van der Waals surface area contributed by atoms with E-state index in [4.69, 9.17) is 0 Å². The molecule has 0 bridgehead atoms. The fourth-order valence-electron chi connectivity index (χ4n) is 3.49. The van der Waals surface area contributed by atoms with E-state index < -0.39 is 0 Å². The second-order valence-electron chi connectivity index (χ2n) is 6.45. The molecule has 0 saturated carbocycles. The molecule has 122 valence electrons. The Bertz CT molecular complexity index is 518. The van der Waals surface area contributed by atoms with E-state index in [1.807, 2.05) is 0 Å². The third-order valence-electron chi connectivity index (χ3n) is 4.76. The molecule has 2 aliphatic heterocycles. The first-order valence-electron chi connectivity index (χ1n) is 8.26. The molecule has 6 heteroatoms. The number of rotatable bonds is 3. The van der Waals surface area contributed by atoms with Crippen molar-refractivity contribution in [1.29, 1.82) is 0 Å². The van der Waals surface area contributed by atoms with Crippen LogP contribution in [0.5, 0.6) is 0 Å². The topological polar surface area (TPSA) is 39.7 Å². The van der Waals surface area contributed by atoms with Crippen LogP contribution in [0.15, 0.2) is 5.38 Å². The lowest BCUT2D eigenvalue weighted by atomic mass is 10.2. The van der Waals surface area contributed by atoms with Crippen molar-refractivity contribution in [3.63, 3.8) is 0 Å². The number of aromatic nitrogens is 1. The highest BCUT2D eigenvalue weighted by Gasteiger charge is 2.32. The smallest absolute Gasteiger partial charge is 0.239 e. The Kier molecular flexibility index (Phi) is 5.10. The molecule has 0 radical (unpaired) electrons. The minimum Gasteiger partial charge on any atom is -0.340 e. The Labute approximate surface area is 136 Å². The van der Waals surface area contributed by atoms with Gasteiger partial charge in [0.05, 0.1) is 16.7 Å². The Balaban J connectivity index is 1.54. The summed E-state index contributed by atoms with van der Waals surface area (Å²) in [5, 5.41) is 3.28. The van der Waals surface area contributed by atoms with Gasteiger partial charge in [0.25, 0.3) is 0 Å². The van der Waals surface area contributed by atoms with E-state index >= 15 is 0 Å². The Morgan fingerprint density at radius 1 is 1.27 bits per heavy atom. The standard InChI is InChI=1S/C16H26N4OS/c1-13-17-14(12-22-13)11-19-7-4-8-20(10-9-19)16(21)15-5-3-6-18(15)2/h12,15H,3-11H2,1-2H3. The molecule has 0 aliphatic carbocycles. The van der Waals surface area contributed by atoms with E-state index in [1.165, 1.54) is 0 Å². The summed E-state index contributed by atoms with van der Waals surface area (Å²) in [5.41, 5.74) is 1.16. The van der Waals surface area contributed by atoms with Gasteiger partial charge < -0.3 is 4.90 Å². The van der Waals surface area contributed by atoms with Crippen LogP contribution < -0.4 is 0 Å². The Morgan fingerprint density at radius 2 is 2.14 bits per heavy atom. The molecular formula is C16H26N4OS. The van der Waals surface area contributed by atoms with E-state index in [1.54, 1.807) is 11.3 Å². The summed E-state index contributed by atoms with van der Waals surface area (Å²) in [6.07, 6.45) is 3.23. The maximum absolute atomic E-state index is 12.7. The molecule has 3 rings (SSSR count). The van der Waals surface area contributed by atoms with E-state index in [0.717, 1.165) is 69.2 Å². The summed E-state index contributed by atoms with van der Waals surface area (Å²) in [6, 6.07) is 0.118. The first-order valence-corrected chi connectivity index (χ1v) is 9.14. The molecule has 0 spiro atoms. The molecule has 1 atom stereocenters. The van der Waals surface area contributed by atoms with Gasteiger partial charge in [-0.15, -0.1) is 11.3 Å². The summed E-state index contributed by atoms with van der Waals surface area (Å²) in [7, 11) is 2.07. The first-order chi connectivity index (χ1) is 10.6. The summed E-state index contributed by atoms with van der Waals surface area (Å²) in [6.45, 7) is 7.78. The van der Waals surface area contributed by atoms with Crippen molar-refractivity contribution in [2.45, 2.75) is 38.8 Å². The third-order valence-corrected chi connectivity index (χ3v) is 5.58. The van der Waals surface area contributed by atoms with Crippen LogP contribution in [0.3, 0.4) is 0 Å². The van der Waals surface area contributed by atoms with Gasteiger partial charge in [0.15, 0.2) is 0 Å². The molecule has 3 heterocycles. The number of hydrogen-bond donors (Lipinski definition) is 0. The average molecular weight is 322 g/mol. The number of hydrogen-bond acceptors (Lipinski definition) is 5. The van der Waals surface area contributed by atoms with E-state index in [2.05, 4.69) is 39.0 Å². The van der Waals surface area contributed by atoms with Crippen LogP contribution >= 0.6 is 11.3 Å². The number of aryl methyl sites for hydroxylation is 1. The second-order valence-corrected chi connectivity index (χ2v) is 7.51. The summed E-state index contributed by atoms with van der Waals surface area (Å²) >= 11 is 1.71. The fraction of sp³-hybridized carbons (Fsp3) is 0.750. The van der Waals surface area contributed by atoms with Gasteiger partial charge in [-0.3, -0.25) is 14.6 Å². The van der Waals surface area contributed by atoms with Gasteiger partial charge in [0.2, 0.25) is 5.91 Å².